The fraction of sp³-hybridized carbons (Fsp3) is 0.407. The third-order valence-electron chi connectivity index (χ3n) is 5.21. The summed E-state index contributed by atoms with van der Waals surface area (Å²) in [6.07, 6.45) is -9.59. The van der Waals surface area contributed by atoms with Crippen molar-refractivity contribution in [2.45, 2.75) is 51.8 Å². The first-order valence-electron chi connectivity index (χ1n) is 12.6. The molecule has 244 valence electrons. The molecule has 0 aliphatic carbocycles. The number of halogens is 6. The van der Waals surface area contributed by atoms with Crippen molar-refractivity contribution in [1.29, 1.82) is 0 Å². The van der Waals surface area contributed by atoms with Crippen molar-refractivity contribution in [2.24, 2.45) is 16.6 Å². The van der Waals surface area contributed by atoms with E-state index in [9.17, 15) is 35.9 Å². The molecule has 0 bridgehead atoms. The minimum absolute atomic E-state index is 0.0199. The molecule has 0 spiro atoms. The molecule has 0 radical (unpaired) electrons. The van der Waals surface area contributed by atoms with Crippen LogP contribution in [0, 0.1) is 5.92 Å². The van der Waals surface area contributed by atoms with Crippen molar-refractivity contribution in [3.63, 3.8) is 0 Å². The number of guanidine groups is 1. The lowest BCUT2D eigenvalue weighted by atomic mass is 10.0. The largest absolute Gasteiger partial charge is 0.573 e. The van der Waals surface area contributed by atoms with Gasteiger partial charge in [0.25, 0.3) is 0 Å². The molecule has 2 rings (SSSR count). The highest BCUT2D eigenvalue weighted by molar-refractivity contribution is 5.98. The van der Waals surface area contributed by atoms with E-state index in [4.69, 9.17) is 25.1 Å². The Balaban J connectivity index is 0.00000123. The van der Waals surface area contributed by atoms with Gasteiger partial charge >= 0.3 is 18.5 Å². The fourth-order valence-electron chi connectivity index (χ4n) is 3.39. The number of methoxy groups -OCH3 is 2. The van der Waals surface area contributed by atoms with Crippen molar-refractivity contribution in [3.05, 3.63) is 53.6 Å². The zero-order valence-electron chi connectivity index (χ0n) is 24.0. The van der Waals surface area contributed by atoms with Crippen molar-refractivity contribution < 1.29 is 60.0 Å². The molecular formula is C27H32F6N4O7. The fourth-order valence-corrected chi connectivity index (χ4v) is 3.39. The molecule has 0 aliphatic heterocycles. The van der Waals surface area contributed by atoms with Crippen molar-refractivity contribution >= 4 is 23.7 Å². The Hall–Kier alpha value is -4.70. The molecule has 44 heavy (non-hydrogen) atoms. The van der Waals surface area contributed by atoms with Crippen molar-refractivity contribution in [3.8, 4) is 17.2 Å². The number of amides is 2. The third-order valence-corrected chi connectivity index (χ3v) is 5.21. The molecule has 2 aromatic rings. The van der Waals surface area contributed by atoms with E-state index in [1.165, 1.54) is 26.4 Å². The molecule has 0 fully saturated rings. The Morgan fingerprint density at radius 2 is 1.57 bits per heavy atom. The number of hydrogen-bond acceptors (Lipinski definition) is 7. The molecular weight excluding hydrogens is 606 g/mol. The molecule has 0 saturated carbocycles. The van der Waals surface area contributed by atoms with Crippen molar-refractivity contribution in [1.82, 2.24) is 10.6 Å². The average molecular weight is 639 g/mol. The maximum Gasteiger partial charge on any atom is 0.573 e. The number of carboxylic acids is 1. The summed E-state index contributed by atoms with van der Waals surface area (Å²) < 4.78 is 83.4. The quantitative estimate of drug-likeness (QED) is 0.164. The van der Waals surface area contributed by atoms with Gasteiger partial charge in [0.05, 0.1) is 20.6 Å². The predicted molar refractivity (Wildman–Crippen MR) is 145 cm³/mol. The lowest BCUT2D eigenvalue weighted by molar-refractivity contribution is -0.274. The van der Waals surface area contributed by atoms with Gasteiger partial charge in [0.2, 0.25) is 11.8 Å². The first-order valence-corrected chi connectivity index (χ1v) is 12.6. The van der Waals surface area contributed by atoms with E-state index in [0.717, 1.165) is 6.07 Å². The average Bonchev–Trinajstić information content (AvgIpc) is 2.90. The minimum Gasteiger partial charge on any atom is -0.493 e. The summed E-state index contributed by atoms with van der Waals surface area (Å²) in [6, 6.07) is 9.40. The highest BCUT2D eigenvalue weighted by Gasteiger charge is 2.38. The topological polar surface area (TPSA) is 162 Å². The summed E-state index contributed by atoms with van der Waals surface area (Å²) in [5, 5.41) is 12.2. The van der Waals surface area contributed by atoms with Crippen LogP contribution in [0.5, 0.6) is 17.2 Å². The van der Waals surface area contributed by atoms with Crippen LogP contribution < -0.4 is 30.6 Å². The molecule has 0 heterocycles. The second-order valence-electron chi connectivity index (χ2n) is 9.29. The third kappa shape index (κ3) is 14.5. The number of hydrogen-bond donors (Lipinski definition) is 4. The minimum atomic E-state index is -5.08. The summed E-state index contributed by atoms with van der Waals surface area (Å²) in [4.78, 5) is 38.3. The molecule has 11 nitrogen and oxygen atoms in total. The monoisotopic (exact) mass is 638 g/mol. The SMILES string of the molecule is COc1ccc(CC(=O)NC(N)=N[C@H](CC(C)C)C(=O)NCc2cccc(OC(F)(F)F)c2)cc1OC.O=C(O)C(F)(F)F. The van der Waals surface area contributed by atoms with Crippen LogP contribution in [0.2, 0.25) is 0 Å². The number of aliphatic carboxylic acids is 1. The molecule has 0 aromatic heterocycles. The molecule has 5 N–H and O–H groups in total. The van der Waals surface area contributed by atoms with Gasteiger partial charge in [0.1, 0.15) is 11.8 Å². The van der Waals surface area contributed by atoms with E-state index in [-0.39, 0.29) is 24.8 Å². The standard InChI is InChI=1S/C25H31F3N4O5.C2HF3O2/c1-15(2)10-19(23(34)30-14-17-6-5-7-18(11-17)37-25(26,27)28)31-24(29)32-22(33)13-16-8-9-20(35-3)21(12-16)36-4;3-2(4,5)1(6)7/h5-9,11-12,15,19H,10,13-14H2,1-4H3,(H,30,34)(H3,29,31,32,33);(H,6,7)/t19-;/m1./s1. The summed E-state index contributed by atoms with van der Waals surface area (Å²) in [5.74, 6) is -3.25. The van der Waals surface area contributed by atoms with Crippen LogP contribution in [0.4, 0.5) is 26.3 Å². The molecule has 17 heteroatoms. The van der Waals surface area contributed by atoms with E-state index >= 15 is 0 Å². The number of alkyl halides is 6. The van der Waals surface area contributed by atoms with Gasteiger partial charge in [-0.25, -0.2) is 9.79 Å². The smallest absolute Gasteiger partial charge is 0.493 e. The van der Waals surface area contributed by atoms with Crippen LogP contribution in [-0.2, 0) is 27.3 Å². The van der Waals surface area contributed by atoms with Gasteiger partial charge in [-0.05, 0) is 47.7 Å². The Morgan fingerprint density at radius 1 is 0.955 bits per heavy atom. The number of nitrogens with zero attached hydrogens (tertiary/aromatic N) is 1. The van der Waals surface area contributed by atoms with Crippen LogP contribution >= 0.6 is 0 Å². The second kappa shape index (κ2) is 16.8. The number of carbonyl (C=O) groups is 3. The highest BCUT2D eigenvalue weighted by atomic mass is 19.4. The normalized spacial score (nSPS) is 12.4. The van der Waals surface area contributed by atoms with E-state index in [0.29, 0.717) is 29.0 Å². The summed E-state index contributed by atoms with van der Waals surface area (Å²) >= 11 is 0. The molecule has 1 atom stereocenters. The molecule has 2 aromatic carbocycles. The number of ether oxygens (including phenoxy) is 3. The number of benzene rings is 2. The van der Waals surface area contributed by atoms with E-state index in [2.05, 4.69) is 20.4 Å². The number of nitrogens with one attached hydrogen (secondary N) is 2. The second-order valence-corrected chi connectivity index (χ2v) is 9.29. The predicted octanol–water partition coefficient (Wildman–Crippen LogP) is 3.94. The van der Waals surface area contributed by atoms with E-state index in [1.807, 2.05) is 13.8 Å². The van der Waals surface area contributed by atoms with Crippen LogP contribution in [0.1, 0.15) is 31.4 Å². The first kappa shape index (κ1) is 37.3. The van der Waals surface area contributed by atoms with Crippen LogP contribution in [0.25, 0.3) is 0 Å². The zero-order chi connectivity index (χ0) is 33.7. The van der Waals surface area contributed by atoms with Gasteiger partial charge in [-0.1, -0.05) is 32.0 Å². The number of nitrogens with two attached hydrogens (primary N) is 1. The number of aliphatic imine (C=N–C) groups is 1. The van der Waals surface area contributed by atoms with Gasteiger partial charge in [0.15, 0.2) is 17.5 Å². The number of carbonyl (C=O) groups excluding carboxylic acids is 2. The van der Waals surface area contributed by atoms with E-state index in [1.54, 1.807) is 24.3 Å². The first-order chi connectivity index (χ1) is 20.3. The zero-order valence-corrected chi connectivity index (χ0v) is 24.0. The lowest BCUT2D eigenvalue weighted by Crippen LogP contribution is -2.41. The number of carboxylic acid groups (broad SMARTS) is 1. The van der Waals surface area contributed by atoms with Gasteiger partial charge in [0, 0.05) is 6.54 Å². The van der Waals surface area contributed by atoms with Gasteiger partial charge < -0.3 is 30.4 Å². The van der Waals surface area contributed by atoms with Crippen LogP contribution in [0.15, 0.2) is 47.5 Å². The number of rotatable bonds is 11. The molecule has 0 unspecified atom stereocenters. The van der Waals surface area contributed by atoms with Crippen LogP contribution in [-0.4, -0.2) is 61.6 Å². The lowest BCUT2D eigenvalue weighted by Gasteiger charge is -2.17. The van der Waals surface area contributed by atoms with E-state index < -0.39 is 42.1 Å². The molecule has 0 aliphatic rings. The van der Waals surface area contributed by atoms with Gasteiger partial charge in [-0.15, -0.1) is 13.2 Å². The van der Waals surface area contributed by atoms with Crippen molar-refractivity contribution in [2.75, 3.05) is 14.2 Å². The Bertz CT molecular complexity index is 1300. The Morgan fingerprint density at radius 3 is 2.09 bits per heavy atom. The van der Waals surface area contributed by atoms with Crippen LogP contribution in [0.3, 0.4) is 0 Å². The highest BCUT2D eigenvalue weighted by Crippen LogP contribution is 2.27. The maximum absolute atomic E-state index is 12.8. The summed E-state index contributed by atoms with van der Waals surface area (Å²) in [7, 11) is 2.99. The van der Waals surface area contributed by atoms with Gasteiger partial charge in [-0.2, -0.15) is 13.2 Å². The molecule has 2 amide bonds. The van der Waals surface area contributed by atoms with Gasteiger partial charge in [-0.3, -0.25) is 14.9 Å². The summed E-state index contributed by atoms with van der Waals surface area (Å²) in [5.41, 5.74) is 6.95. The maximum atomic E-state index is 12.8. The Labute approximate surface area is 248 Å². The Kier molecular flexibility index (Phi) is 14.3. The molecule has 0 saturated heterocycles. The summed E-state index contributed by atoms with van der Waals surface area (Å²) in [6.45, 7) is 3.72.